The maximum atomic E-state index is 6.25. The summed E-state index contributed by atoms with van der Waals surface area (Å²) < 4.78 is 2.17. The monoisotopic (exact) mass is 257 g/mol. The molecule has 19 heavy (non-hydrogen) atoms. The van der Waals surface area contributed by atoms with Crippen LogP contribution in [-0.4, -0.2) is 9.55 Å². The molecule has 1 aromatic carbocycles. The number of nitrogens with zero attached hydrogens (tertiary/aromatic N) is 2. The van der Waals surface area contributed by atoms with Crippen molar-refractivity contribution < 1.29 is 0 Å². The molecule has 1 unspecified atom stereocenters. The van der Waals surface area contributed by atoms with E-state index < -0.39 is 0 Å². The average molecular weight is 257 g/mol. The molecule has 2 rings (SSSR count). The molecule has 0 bridgehead atoms. The van der Waals surface area contributed by atoms with Crippen molar-refractivity contribution in [2.24, 2.45) is 11.7 Å². The summed E-state index contributed by atoms with van der Waals surface area (Å²) in [6.45, 7) is 7.32. The number of rotatable bonds is 5. The summed E-state index contributed by atoms with van der Waals surface area (Å²) in [6, 6.07) is 8.60. The Kier molecular flexibility index (Phi) is 4.38. The van der Waals surface area contributed by atoms with E-state index in [1.165, 1.54) is 11.1 Å². The smallest absolute Gasteiger partial charge is 0.0951 e. The third-order valence-electron chi connectivity index (χ3n) is 3.64. The van der Waals surface area contributed by atoms with Gasteiger partial charge < -0.3 is 10.3 Å². The molecule has 0 aliphatic rings. The molecule has 0 radical (unpaired) electrons. The van der Waals surface area contributed by atoms with Gasteiger partial charge in [-0.3, -0.25) is 0 Å². The van der Waals surface area contributed by atoms with Crippen molar-refractivity contribution in [2.45, 2.75) is 39.8 Å². The van der Waals surface area contributed by atoms with Crippen LogP contribution in [0.1, 0.15) is 43.6 Å². The Hall–Kier alpha value is -1.61. The van der Waals surface area contributed by atoms with Gasteiger partial charge in [0.1, 0.15) is 0 Å². The Morgan fingerprint density at radius 3 is 2.53 bits per heavy atom. The summed E-state index contributed by atoms with van der Waals surface area (Å²) in [4.78, 5) is 4.26. The lowest BCUT2D eigenvalue weighted by Gasteiger charge is -2.18. The second kappa shape index (κ2) is 6.02. The number of aromatic nitrogens is 2. The van der Waals surface area contributed by atoms with E-state index in [2.05, 4.69) is 54.6 Å². The molecular weight excluding hydrogens is 234 g/mol. The molecule has 0 saturated carbocycles. The van der Waals surface area contributed by atoms with Crippen molar-refractivity contribution in [1.29, 1.82) is 0 Å². The predicted molar refractivity (Wildman–Crippen MR) is 78.9 cm³/mol. The van der Waals surface area contributed by atoms with Gasteiger partial charge >= 0.3 is 0 Å². The Morgan fingerprint density at radius 2 is 1.89 bits per heavy atom. The molecular formula is C16H23N3. The van der Waals surface area contributed by atoms with Crippen LogP contribution in [0.2, 0.25) is 0 Å². The average Bonchev–Trinajstić information content (AvgIpc) is 2.86. The van der Waals surface area contributed by atoms with Gasteiger partial charge in [-0.2, -0.15) is 0 Å². The Labute approximate surface area is 115 Å². The van der Waals surface area contributed by atoms with Gasteiger partial charge in [-0.05, 0) is 23.5 Å². The summed E-state index contributed by atoms with van der Waals surface area (Å²) in [5.74, 6) is 0.414. The van der Waals surface area contributed by atoms with Gasteiger partial charge in [-0.1, -0.05) is 45.0 Å². The second-order valence-electron chi connectivity index (χ2n) is 5.34. The Balaban J connectivity index is 2.27. The van der Waals surface area contributed by atoms with Crippen LogP contribution in [0.5, 0.6) is 0 Å². The fraction of sp³-hybridized carbons (Fsp3) is 0.438. The highest BCUT2D eigenvalue weighted by Gasteiger charge is 2.15. The first-order valence-electron chi connectivity index (χ1n) is 6.95. The van der Waals surface area contributed by atoms with Crippen LogP contribution in [0.15, 0.2) is 36.8 Å². The fourth-order valence-electron chi connectivity index (χ4n) is 2.32. The molecule has 1 heterocycles. The minimum absolute atomic E-state index is 0.0382. The van der Waals surface area contributed by atoms with Gasteiger partial charge in [0.25, 0.3) is 0 Å². The molecule has 102 valence electrons. The zero-order valence-electron chi connectivity index (χ0n) is 12.0. The molecule has 0 aliphatic carbocycles. The van der Waals surface area contributed by atoms with E-state index >= 15 is 0 Å². The van der Waals surface area contributed by atoms with E-state index in [0.29, 0.717) is 5.92 Å². The van der Waals surface area contributed by atoms with Crippen molar-refractivity contribution in [3.8, 4) is 0 Å². The van der Waals surface area contributed by atoms with Gasteiger partial charge in [-0.15, -0.1) is 0 Å². The molecule has 0 spiro atoms. The van der Waals surface area contributed by atoms with Crippen LogP contribution in [0.3, 0.4) is 0 Å². The molecule has 1 atom stereocenters. The van der Waals surface area contributed by atoms with E-state index in [4.69, 9.17) is 5.73 Å². The lowest BCUT2D eigenvalue weighted by molar-refractivity contribution is 0.484. The van der Waals surface area contributed by atoms with Gasteiger partial charge in [0.15, 0.2) is 0 Å². The Morgan fingerprint density at radius 1 is 1.21 bits per heavy atom. The summed E-state index contributed by atoms with van der Waals surface area (Å²) >= 11 is 0. The first-order valence-corrected chi connectivity index (χ1v) is 6.95. The maximum Gasteiger partial charge on any atom is 0.0951 e. The molecule has 0 fully saturated rings. The highest BCUT2D eigenvalue weighted by atomic mass is 15.1. The van der Waals surface area contributed by atoms with Gasteiger partial charge in [-0.25, -0.2) is 4.98 Å². The number of nitrogens with two attached hydrogens (primary N) is 1. The topological polar surface area (TPSA) is 43.8 Å². The normalized spacial score (nSPS) is 12.9. The summed E-state index contributed by atoms with van der Waals surface area (Å²) in [7, 11) is 0. The largest absolute Gasteiger partial charge is 0.329 e. The van der Waals surface area contributed by atoms with Crippen molar-refractivity contribution in [3.05, 3.63) is 53.6 Å². The molecule has 0 saturated heterocycles. The minimum atomic E-state index is 0.0382. The predicted octanol–water partition coefficient (Wildman–Crippen LogP) is 3.15. The number of hydrogen-bond donors (Lipinski definition) is 1. The molecule has 1 aromatic heterocycles. The standard InChI is InChI=1S/C16H23N3/c1-4-13-7-5-6-8-14(13)10-19-11-18-9-15(19)16(17)12(2)3/h5-9,11-12,16H,4,10,17H2,1-3H3. The minimum Gasteiger partial charge on any atom is -0.329 e. The molecule has 2 N–H and O–H groups in total. The lowest BCUT2D eigenvalue weighted by Crippen LogP contribution is -2.20. The van der Waals surface area contributed by atoms with Crippen LogP contribution < -0.4 is 5.73 Å². The molecule has 3 heteroatoms. The zero-order valence-corrected chi connectivity index (χ0v) is 12.0. The first-order chi connectivity index (χ1) is 9.13. The van der Waals surface area contributed by atoms with E-state index in [9.17, 15) is 0 Å². The number of benzene rings is 1. The second-order valence-corrected chi connectivity index (χ2v) is 5.34. The molecule has 0 amide bonds. The van der Waals surface area contributed by atoms with Crippen LogP contribution in [0, 0.1) is 5.92 Å². The number of aryl methyl sites for hydroxylation is 1. The van der Waals surface area contributed by atoms with E-state index in [-0.39, 0.29) is 6.04 Å². The van der Waals surface area contributed by atoms with Gasteiger partial charge in [0.2, 0.25) is 0 Å². The lowest BCUT2D eigenvalue weighted by atomic mass is 10.0. The van der Waals surface area contributed by atoms with Gasteiger partial charge in [0, 0.05) is 18.8 Å². The van der Waals surface area contributed by atoms with Gasteiger partial charge in [0.05, 0.1) is 12.0 Å². The van der Waals surface area contributed by atoms with Crippen molar-refractivity contribution in [2.75, 3.05) is 0 Å². The third-order valence-corrected chi connectivity index (χ3v) is 3.64. The molecule has 0 aliphatic heterocycles. The Bertz CT molecular complexity index is 528. The van der Waals surface area contributed by atoms with Crippen LogP contribution in [-0.2, 0) is 13.0 Å². The van der Waals surface area contributed by atoms with Crippen LogP contribution in [0.4, 0.5) is 0 Å². The first kappa shape index (κ1) is 13.8. The van der Waals surface area contributed by atoms with E-state index in [1.807, 2.05) is 12.5 Å². The maximum absolute atomic E-state index is 6.25. The SMILES string of the molecule is CCc1ccccc1Cn1cncc1C(N)C(C)C. The number of hydrogen-bond acceptors (Lipinski definition) is 2. The van der Waals surface area contributed by atoms with Crippen molar-refractivity contribution in [1.82, 2.24) is 9.55 Å². The van der Waals surface area contributed by atoms with Crippen molar-refractivity contribution >= 4 is 0 Å². The quantitative estimate of drug-likeness (QED) is 0.894. The summed E-state index contributed by atoms with van der Waals surface area (Å²) in [5, 5.41) is 0. The zero-order chi connectivity index (χ0) is 13.8. The van der Waals surface area contributed by atoms with Crippen LogP contribution in [0.25, 0.3) is 0 Å². The van der Waals surface area contributed by atoms with Crippen molar-refractivity contribution in [3.63, 3.8) is 0 Å². The summed E-state index contributed by atoms with van der Waals surface area (Å²) in [5.41, 5.74) is 10.1. The van der Waals surface area contributed by atoms with E-state index in [0.717, 1.165) is 18.7 Å². The highest BCUT2D eigenvalue weighted by Crippen LogP contribution is 2.20. The molecule has 3 nitrogen and oxygen atoms in total. The fourth-order valence-corrected chi connectivity index (χ4v) is 2.32. The highest BCUT2D eigenvalue weighted by molar-refractivity contribution is 5.27. The van der Waals surface area contributed by atoms with E-state index in [1.54, 1.807) is 0 Å². The van der Waals surface area contributed by atoms with Crippen LogP contribution >= 0.6 is 0 Å². The number of imidazole rings is 1. The third kappa shape index (κ3) is 3.04. The molecule has 2 aromatic rings. The summed E-state index contributed by atoms with van der Waals surface area (Å²) in [6.07, 6.45) is 4.82.